The monoisotopic (exact) mass is 180 g/mol. The van der Waals surface area contributed by atoms with Gasteiger partial charge in [-0.2, -0.15) is 0 Å². The molecule has 64 valence electrons. The smallest absolute Gasteiger partial charge is 0.208 e. The SMILES string of the molecule is Cl.N/C(=N\O)C1=COCCO1. The van der Waals surface area contributed by atoms with Gasteiger partial charge in [0.15, 0.2) is 5.76 Å². The van der Waals surface area contributed by atoms with Crippen LogP contribution in [0.15, 0.2) is 17.2 Å². The van der Waals surface area contributed by atoms with Crippen LogP contribution in [0.4, 0.5) is 0 Å². The van der Waals surface area contributed by atoms with Gasteiger partial charge in [-0.05, 0) is 0 Å². The summed E-state index contributed by atoms with van der Waals surface area (Å²) in [6.07, 6.45) is 1.32. The van der Waals surface area contributed by atoms with E-state index in [1.54, 1.807) is 0 Å². The van der Waals surface area contributed by atoms with Crippen LogP contribution in [-0.4, -0.2) is 24.3 Å². The Bertz CT molecular complexity index is 181. The molecule has 1 aliphatic rings. The summed E-state index contributed by atoms with van der Waals surface area (Å²) in [6, 6.07) is 0. The molecule has 0 bridgehead atoms. The Morgan fingerprint density at radius 3 is 2.82 bits per heavy atom. The number of halogens is 1. The molecule has 3 N–H and O–H groups in total. The van der Waals surface area contributed by atoms with Crippen molar-refractivity contribution >= 4 is 18.2 Å². The number of oxime groups is 1. The molecule has 6 heteroatoms. The van der Waals surface area contributed by atoms with E-state index >= 15 is 0 Å². The lowest BCUT2D eigenvalue weighted by molar-refractivity contribution is 0.0949. The Kier molecular flexibility index (Phi) is 4.21. The fourth-order valence-electron chi connectivity index (χ4n) is 0.552. The molecule has 1 heterocycles. The number of hydrogen-bond donors (Lipinski definition) is 2. The van der Waals surface area contributed by atoms with Gasteiger partial charge >= 0.3 is 0 Å². The quantitative estimate of drug-likeness (QED) is 0.259. The second-order valence-electron chi connectivity index (χ2n) is 1.69. The minimum absolute atomic E-state index is 0. The lowest BCUT2D eigenvalue weighted by atomic mass is 10.5. The molecule has 0 aromatic carbocycles. The maximum atomic E-state index is 8.17. The van der Waals surface area contributed by atoms with Gasteiger partial charge in [0.25, 0.3) is 0 Å². The third-order valence-electron chi connectivity index (χ3n) is 1.01. The summed E-state index contributed by atoms with van der Waals surface area (Å²) < 4.78 is 9.80. The Labute approximate surface area is 69.9 Å². The summed E-state index contributed by atoms with van der Waals surface area (Å²) in [7, 11) is 0. The number of hydrogen-bond acceptors (Lipinski definition) is 4. The molecular weight excluding hydrogens is 172 g/mol. The third-order valence-corrected chi connectivity index (χ3v) is 1.01. The zero-order valence-corrected chi connectivity index (χ0v) is 6.50. The summed E-state index contributed by atoms with van der Waals surface area (Å²) in [4.78, 5) is 0. The van der Waals surface area contributed by atoms with Crippen molar-refractivity contribution in [3.63, 3.8) is 0 Å². The van der Waals surface area contributed by atoms with Gasteiger partial charge in [-0.15, -0.1) is 12.4 Å². The highest BCUT2D eigenvalue weighted by Gasteiger charge is 2.08. The Hall–Kier alpha value is -1.10. The van der Waals surface area contributed by atoms with Gasteiger partial charge in [0.05, 0.1) is 0 Å². The summed E-state index contributed by atoms with van der Waals surface area (Å²) >= 11 is 0. The van der Waals surface area contributed by atoms with E-state index in [0.29, 0.717) is 13.2 Å². The molecular formula is C5H9ClN2O3. The van der Waals surface area contributed by atoms with Gasteiger partial charge in [0, 0.05) is 0 Å². The van der Waals surface area contributed by atoms with Gasteiger partial charge in [0.1, 0.15) is 19.5 Å². The summed E-state index contributed by atoms with van der Waals surface area (Å²) in [5, 5.41) is 10.9. The second-order valence-corrected chi connectivity index (χ2v) is 1.69. The fourth-order valence-corrected chi connectivity index (χ4v) is 0.552. The third kappa shape index (κ3) is 2.55. The standard InChI is InChI=1S/C5H8N2O3.ClH/c6-5(7-8)4-3-9-1-2-10-4;/h3,8H,1-2H2,(H2,6,7);1H. The van der Waals surface area contributed by atoms with Crippen molar-refractivity contribution in [2.24, 2.45) is 10.9 Å². The van der Waals surface area contributed by atoms with Crippen LogP contribution in [0, 0.1) is 0 Å². The Morgan fingerprint density at radius 2 is 2.36 bits per heavy atom. The number of nitrogens with two attached hydrogens (primary N) is 1. The summed E-state index contributed by atoms with van der Waals surface area (Å²) in [5.41, 5.74) is 5.17. The van der Waals surface area contributed by atoms with Crippen LogP contribution >= 0.6 is 12.4 Å². The molecule has 5 nitrogen and oxygen atoms in total. The molecule has 0 spiro atoms. The highest BCUT2D eigenvalue weighted by Crippen LogP contribution is 2.02. The second kappa shape index (κ2) is 4.68. The molecule has 11 heavy (non-hydrogen) atoms. The first kappa shape index (κ1) is 9.90. The van der Waals surface area contributed by atoms with Crippen LogP contribution in [0.1, 0.15) is 0 Å². The molecule has 0 aromatic heterocycles. The van der Waals surface area contributed by atoms with E-state index in [0.717, 1.165) is 0 Å². The van der Waals surface area contributed by atoms with E-state index in [2.05, 4.69) is 5.16 Å². The van der Waals surface area contributed by atoms with Gasteiger partial charge in [-0.1, -0.05) is 5.16 Å². The van der Waals surface area contributed by atoms with Crippen LogP contribution in [0.25, 0.3) is 0 Å². The molecule has 0 fully saturated rings. The van der Waals surface area contributed by atoms with Crippen molar-refractivity contribution < 1.29 is 14.7 Å². The van der Waals surface area contributed by atoms with Gasteiger partial charge in [-0.25, -0.2) is 0 Å². The first-order valence-electron chi connectivity index (χ1n) is 2.77. The van der Waals surface area contributed by atoms with Gasteiger partial charge in [0.2, 0.25) is 5.84 Å². The van der Waals surface area contributed by atoms with Crippen LogP contribution in [0.3, 0.4) is 0 Å². The molecule has 0 saturated carbocycles. The normalized spacial score (nSPS) is 17.1. The van der Waals surface area contributed by atoms with Crippen molar-refractivity contribution in [2.45, 2.75) is 0 Å². The van der Waals surface area contributed by atoms with Crippen LogP contribution < -0.4 is 5.73 Å². The summed E-state index contributed by atoms with van der Waals surface area (Å²) in [5.74, 6) is 0.202. The van der Waals surface area contributed by atoms with E-state index in [4.69, 9.17) is 20.4 Å². The van der Waals surface area contributed by atoms with Crippen molar-refractivity contribution in [1.82, 2.24) is 0 Å². The fraction of sp³-hybridized carbons (Fsp3) is 0.400. The van der Waals surface area contributed by atoms with E-state index in [9.17, 15) is 0 Å². The Morgan fingerprint density at radius 1 is 1.64 bits per heavy atom. The largest absolute Gasteiger partial charge is 0.494 e. The van der Waals surface area contributed by atoms with Crippen LogP contribution in [0.2, 0.25) is 0 Å². The molecule has 0 amide bonds. The average Bonchev–Trinajstić information content (AvgIpc) is 2.05. The van der Waals surface area contributed by atoms with Crippen LogP contribution in [0.5, 0.6) is 0 Å². The molecule has 1 rings (SSSR count). The maximum Gasteiger partial charge on any atom is 0.208 e. The number of nitrogens with zero attached hydrogens (tertiary/aromatic N) is 1. The summed E-state index contributed by atoms with van der Waals surface area (Å²) in [6.45, 7) is 0.935. The zero-order chi connectivity index (χ0) is 7.40. The zero-order valence-electron chi connectivity index (χ0n) is 5.69. The van der Waals surface area contributed by atoms with E-state index in [1.807, 2.05) is 0 Å². The number of rotatable bonds is 1. The minimum atomic E-state index is -0.0697. The predicted molar refractivity (Wildman–Crippen MR) is 40.6 cm³/mol. The molecule has 0 atom stereocenters. The van der Waals surface area contributed by atoms with Gasteiger partial charge in [-0.3, -0.25) is 0 Å². The molecule has 0 unspecified atom stereocenters. The lowest BCUT2D eigenvalue weighted by Crippen LogP contribution is -2.21. The first-order valence-corrected chi connectivity index (χ1v) is 2.77. The number of ether oxygens (including phenoxy) is 2. The minimum Gasteiger partial charge on any atom is -0.494 e. The van der Waals surface area contributed by atoms with E-state index in [-0.39, 0.29) is 24.0 Å². The molecule has 0 radical (unpaired) electrons. The predicted octanol–water partition coefficient (Wildman–Crippen LogP) is 0.0428. The van der Waals surface area contributed by atoms with Crippen molar-refractivity contribution in [3.05, 3.63) is 12.0 Å². The first-order chi connectivity index (χ1) is 4.84. The highest BCUT2D eigenvalue weighted by molar-refractivity contribution is 5.94. The Balaban J connectivity index is 0.000001000. The topological polar surface area (TPSA) is 77.1 Å². The van der Waals surface area contributed by atoms with E-state index < -0.39 is 0 Å². The van der Waals surface area contributed by atoms with Crippen molar-refractivity contribution in [3.8, 4) is 0 Å². The van der Waals surface area contributed by atoms with Crippen molar-refractivity contribution in [1.29, 1.82) is 0 Å². The molecule has 0 aliphatic carbocycles. The average molecular weight is 181 g/mol. The van der Waals surface area contributed by atoms with Gasteiger partial charge < -0.3 is 20.4 Å². The number of amidine groups is 1. The molecule has 0 saturated heterocycles. The molecule has 0 aromatic rings. The van der Waals surface area contributed by atoms with Crippen molar-refractivity contribution in [2.75, 3.05) is 13.2 Å². The maximum absolute atomic E-state index is 8.17. The highest BCUT2D eigenvalue weighted by atomic mass is 35.5. The molecule has 1 aliphatic heterocycles. The van der Waals surface area contributed by atoms with Crippen LogP contribution in [-0.2, 0) is 9.47 Å². The van der Waals surface area contributed by atoms with E-state index in [1.165, 1.54) is 6.26 Å². The lowest BCUT2D eigenvalue weighted by Gasteiger charge is -2.13.